The third-order valence-corrected chi connectivity index (χ3v) is 6.39. The van der Waals surface area contributed by atoms with Crippen molar-refractivity contribution in [3.05, 3.63) is 11.6 Å². The molecule has 0 spiro atoms. The first-order valence-electron chi connectivity index (χ1n) is 12.3. The number of piperidine rings is 1. The Balaban J connectivity index is 3.03. The molecule has 0 saturated carbocycles. The molecule has 1 aliphatic heterocycles. The van der Waals surface area contributed by atoms with Gasteiger partial charge in [0.25, 0.3) is 0 Å². The molecule has 0 bridgehead atoms. The molecule has 0 aromatic carbocycles. The zero-order valence-electron chi connectivity index (χ0n) is 21.9. The second-order valence-corrected chi connectivity index (χ2v) is 10.1. The van der Waals surface area contributed by atoms with Gasteiger partial charge in [-0.05, 0) is 52.0 Å². The van der Waals surface area contributed by atoms with E-state index in [4.69, 9.17) is 5.11 Å². The van der Waals surface area contributed by atoms with Gasteiger partial charge in [-0.1, -0.05) is 40.2 Å². The van der Waals surface area contributed by atoms with E-state index in [1.54, 1.807) is 24.9 Å². The van der Waals surface area contributed by atoms with Gasteiger partial charge in [0.15, 0.2) is 0 Å². The van der Waals surface area contributed by atoms with Crippen LogP contribution in [0.15, 0.2) is 11.6 Å². The van der Waals surface area contributed by atoms with Crippen molar-refractivity contribution in [2.24, 2.45) is 11.8 Å². The van der Waals surface area contributed by atoms with Crippen molar-refractivity contribution in [2.45, 2.75) is 91.9 Å². The van der Waals surface area contributed by atoms with E-state index in [2.05, 4.69) is 29.4 Å². The Morgan fingerprint density at radius 1 is 1.09 bits per heavy atom. The molecule has 0 radical (unpaired) electrons. The van der Waals surface area contributed by atoms with Crippen LogP contribution < -0.4 is 10.6 Å². The van der Waals surface area contributed by atoms with Gasteiger partial charge in [-0.15, -0.1) is 0 Å². The topological polar surface area (TPSA) is 102 Å². The average Bonchev–Trinajstić information content (AvgIpc) is 2.77. The first-order chi connectivity index (χ1) is 15.4. The number of aliphatic hydroxyl groups excluding tert-OH is 1. The van der Waals surface area contributed by atoms with E-state index in [0.717, 1.165) is 25.8 Å². The highest BCUT2D eigenvalue weighted by Crippen LogP contribution is 2.21. The molecule has 190 valence electrons. The van der Waals surface area contributed by atoms with Crippen molar-refractivity contribution in [3.63, 3.8) is 0 Å². The fourth-order valence-corrected chi connectivity index (χ4v) is 4.37. The van der Waals surface area contributed by atoms with Crippen molar-refractivity contribution < 1.29 is 19.5 Å². The number of rotatable bonds is 11. The van der Waals surface area contributed by atoms with Crippen molar-refractivity contribution >= 4 is 17.7 Å². The summed E-state index contributed by atoms with van der Waals surface area (Å²) in [5.74, 6) is -0.525. The molecule has 3 N–H and O–H groups in total. The Morgan fingerprint density at radius 2 is 1.73 bits per heavy atom. The molecule has 33 heavy (non-hydrogen) atoms. The van der Waals surface area contributed by atoms with Gasteiger partial charge in [0.05, 0.1) is 18.7 Å². The highest BCUT2D eigenvalue weighted by molar-refractivity contribution is 5.93. The van der Waals surface area contributed by atoms with Crippen LogP contribution in [0.1, 0.15) is 67.7 Å². The van der Waals surface area contributed by atoms with Gasteiger partial charge in [-0.2, -0.15) is 0 Å². The minimum atomic E-state index is -0.642. The monoisotopic (exact) mass is 466 g/mol. The molecule has 0 aromatic rings. The molecule has 1 aliphatic rings. The number of carbonyl (C=O) groups excluding carboxylic acids is 3. The van der Waals surface area contributed by atoms with E-state index in [1.807, 2.05) is 27.7 Å². The zero-order valence-corrected chi connectivity index (χ0v) is 21.9. The molecule has 1 rings (SSSR count). The first-order valence-corrected chi connectivity index (χ1v) is 12.3. The van der Waals surface area contributed by atoms with Crippen LogP contribution in [-0.2, 0) is 14.4 Å². The molecule has 1 fully saturated rings. The molecule has 8 nitrogen and oxygen atoms in total. The number of likely N-dealkylation sites (tertiary alicyclic amines) is 1. The smallest absolute Gasteiger partial charge is 0.246 e. The third-order valence-electron chi connectivity index (χ3n) is 6.39. The number of amides is 3. The fraction of sp³-hybridized carbons (Fsp3) is 0.800. The summed E-state index contributed by atoms with van der Waals surface area (Å²) in [7, 11) is 1.73. The molecule has 8 heteroatoms. The lowest BCUT2D eigenvalue weighted by Crippen LogP contribution is -2.58. The Morgan fingerprint density at radius 3 is 2.24 bits per heavy atom. The lowest BCUT2D eigenvalue weighted by molar-refractivity contribution is -0.140. The predicted molar refractivity (Wildman–Crippen MR) is 131 cm³/mol. The zero-order chi connectivity index (χ0) is 25.3. The highest BCUT2D eigenvalue weighted by Gasteiger charge is 2.35. The fourth-order valence-electron chi connectivity index (χ4n) is 4.37. The van der Waals surface area contributed by atoms with Gasteiger partial charge in [0, 0.05) is 25.2 Å². The van der Waals surface area contributed by atoms with E-state index in [1.165, 1.54) is 0 Å². The van der Waals surface area contributed by atoms with Crippen LogP contribution in [0, 0.1) is 11.8 Å². The maximum atomic E-state index is 13.5. The lowest BCUT2D eigenvalue weighted by Gasteiger charge is -2.39. The van der Waals surface area contributed by atoms with Gasteiger partial charge in [0.2, 0.25) is 17.7 Å². The number of carbonyl (C=O) groups is 3. The molecule has 0 aromatic heterocycles. The van der Waals surface area contributed by atoms with Gasteiger partial charge in [-0.25, -0.2) is 0 Å². The van der Waals surface area contributed by atoms with E-state index < -0.39 is 6.04 Å². The van der Waals surface area contributed by atoms with E-state index in [-0.39, 0.29) is 60.8 Å². The Labute approximate surface area is 200 Å². The van der Waals surface area contributed by atoms with Crippen molar-refractivity contribution in [1.29, 1.82) is 0 Å². The number of likely N-dealkylation sites (N-methyl/N-ethyl adjacent to an activating group) is 1. The lowest BCUT2D eigenvalue weighted by atomic mass is 9.95. The Kier molecular flexibility index (Phi) is 12.1. The number of nitrogens with zero attached hydrogens (tertiary/aromatic N) is 2. The van der Waals surface area contributed by atoms with E-state index >= 15 is 0 Å². The number of nitrogens with one attached hydrogen (secondary N) is 2. The van der Waals surface area contributed by atoms with Gasteiger partial charge in [-0.3, -0.25) is 19.3 Å². The summed E-state index contributed by atoms with van der Waals surface area (Å²) in [6, 6.07) is -0.891. The normalized spacial score (nSPS) is 19.5. The quantitative estimate of drug-likeness (QED) is 0.404. The largest absolute Gasteiger partial charge is 0.395 e. The SMILES string of the molecule is C/C(=C\[C@H](C(C)C)N(C)C(=O)[C@@H](NC(=O)C1CCCCN1C(C)C)C(C)C)C(=O)NCCO. The molecular weight excluding hydrogens is 420 g/mol. The molecular formula is C25H46N4O4. The maximum absolute atomic E-state index is 13.5. The van der Waals surface area contributed by atoms with Gasteiger partial charge >= 0.3 is 0 Å². The third kappa shape index (κ3) is 8.41. The summed E-state index contributed by atoms with van der Waals surface area (Å²) >= 11 is 0. The molecule has 3 atom stereocenters. The van der Waals surface area contributed by atoms with Crippen molar-refractivity contribution in [2.75, 3.05) is 26.7 Å². The Hall–Kier alpha value is -1.93. The van der Waals surface area contributed by atoms with Crippen LogP contribution in [0.5, 0.6) is 0 Å². The number of aliphatic hydroxyl groups is 1. The minimum absolute atomic E-state index is 0.0674. The summed E-state index contributed by atoms with van der Waals surface area (Å²) < 4.78 is 0. The summed E-state index contributed by atoms with van der Waals surface area (Å²) in [6.07, 6.45) is 4.69. The van der Waals surface area contributed by atoms with Crippen LogP contribution in [0.3, 0.4) is 0 Å². The minimum Gasteiger partial charge on any atom is -0.395 e. The van der Waals surface area contributed by atoms with Gasteiger partial charge < -0.3 is 20.6 Å². The predicted octanol–water partition coefficient (Wildman–Crippen LogP) is 1.93. The van der Waals surface area contributed by atoms with Crippen molar-refractivity contribution in [3.8, 4) is 0 Å². The first kappa shape index (κ1) is 29.1. The second kappa shape index (κ2) is 13.7. The number of hydrogen-bond acceptors (Lipinski definition) is 5. The summed E-state index contributed by atoms with van der Waals surface area (Å²) in [5.41, 5.74) is 0.488. The summed E-state index contributed by atoms with van der Waals surface area (Å²) in [4.78, 5) is 42.8. The van der Waals surface area contributed by atoms with Crippen LogP contribution in [0.25, 0.3) is 0 Å². The Bertz CT molecular complexity index is 690. The highest BCUT2D eigenvalue weighted by atomic mass is 16.3. The van der Waals surface area contributed by atoms with Crippen LogP contribution >= 0.6 is 0 Å². The standard InChI is InChI=1S/C25H46N4O4/c1-16(2)21(15-19(7)23(31)26-12-14-30)28(8)25(33)22(17(3)4)27-24(32)20-11-9-10-13-29(20)18(5)6/h15-18,20-22,30H,9-14H2,1-8H3,(H,26,31)(H,27,32)/b19-15+/t20?,21-,22+/m1/s1. The molecule has 3 amide bonds. The van der Waals surface area contributed by atoms with E-state index in [0.29, 0.717) is 5.57 Å². The average molecular weight is 467 g/mol. The molecule has 1 saturated heterocycles. The van der Waals surface area contributed by atoms with Crippen LogP contribution in [0.2, 0.25) is 0 Å². The summed E-state index contributed by atoms with van der Waals surface area (Å²) in [5, 5.41) is 14.6. The van der Waals surface area contributed by atoms with Gasteiger partial charge in [0.1, 0.15) is 6.04 Å². The van der Waals surface area contributed by atoms with E-state index in [9.17, 15) is 14.4 Å². The van der Waals surface area contributed by atoms with Crippen LogP contribution in [0.4, 0.5) is 0 Å². The van der Waals surface area contributed by atoms with Crippen molar-refractivity contribution in [1.82, 2.24) is 20.4 Å². The summed E-state index contributed by atoms with van der Waals surface area (Å²) in [6.45, 7) is 14.7. The molecule has 0 aliphatic carbocycles. The maximum Gasteiger partial charge on any atom is 0.246 e. The second-order valence-electron chi connectivity index (χ2n) is 10.1. The number of hydrogen-bond donors (Lipinski definition) is 3. The molecule has 1 heterocycles. The van der Waals surface area contributed by atoms with Crippen LogP contribution in [-0.4, -0.2) is 83.5 Å². The molecule has 1 unspecified atom stereocenters.